The van der Waals surface area contributed by atoms with E-state index in [4.69, 9.17) is 5.26 Å². The second-order valence-electron chi connectivity index (χ2n) is 16.2. The minimum absolute atomic E-state index is 0.352. The average Bonchev–Trinajstić information content (AvgIpc) is 3.60. The number of anilines is 2. The molecule has 4 saturated heterocycles. The summed E-state index contributed by atoms with van der Waals surface area (Å²) >= 11 is 0. The molecule has 0 aromatic heterocycles. The molecule has 5 nitrogen and oxygen atoms in total. The van der Waals surface area contributed by atoms with Crippen LogP contribution >= 0.6 is 0 Å². The van der Waals surface area contributed by atoms with Crippen LogP contribution in [0.2, 0.25) is 0 Å². The fourth-order valence-electron chi connectivity index (χ4n) is 8.98. The summed E-state index contributed by atoms with van der Waals surface area (Å²) in [5, 5.41) is 8.71. The Balaban J connectivity index is 0.000000162. The van der Waals surface area contributed by atoms with Crippen molar-refractivity contribution in [2.45, 2.75) is 60.9 Å². The average molecular weight is 618 g/mol. The van der Waals surface area contributed by atoms with Gasteiger partial charge in [-0.25, -0.2) is 0 Å². The summed E-state index contributed by atoms with van der Waals surface area (Å²) in [6, 6.07) is 31.1. The largest absolute Gasteiger partial charge is 0.370 e. The molecule has 7 rings (SSSR count). The smallest absolute Gasteiger partial charge is 0.0622 e. The zero-order valence-corrected chi connectivity index (χ0v) is 29.2. The molecule has 0 unspecified atom stereocenters. The molecule has 0 N–H and O–H groups in total. The van der Waals surface area contributed by atoms with Crippen LogP contribution in [0.1, 0.15) is 57.2 Å². The van der Waals surface area contributed by atoms with Gasteiger partial charge in [0.1, 0.15) is 0 Å². The lowest BCUT2D eigenvalue weighted by molar-refractivity contribution is 0.212. The molecular formula is C41H55N5. The highest BCUT2D eigenvalue weighted by Crippen LogP contribution is 2.53. The predicted molar refractivity (Wildman–Crippen MR) is 192 cm³/mol. The van der Waals surface area contributed by atoms with Gasteiger partial charge in [-0.1, -0.05) is 93.4 Å². The van der Waals surface area contributed by atoms with Gasteiger partial charge in [0.15, 0.2) is 0 Å². The Morgan fingerprint density at radius 2 is 0.978 bits per heavy atom. The van der Waals surface area contributed by atoms with Crippen LogP contribution in [0.15, 0.2) is 78.9 Å². The first-order valence-electron chi connectivity index (χ1n) is 17.4. The second-order valence-corrected chi connectivity index (χ2v) is 16.2. The molecule has 4 heterocycles. The Labute approximate surface area is 278 Å². The van der Waals surface area contributed by atoms with Crippen molar-refractivity contribution >= 4 is 11.4 Å². The number of unbranched alkanes of at least 4 members (excludes halogenated alkanes) is 1. The van der Waals surface area contributed by atoms with Crippen LogP contribution in [0.25, 0.3) is 0 Å². The predicted octanol–water partition coefficient (Wildman–Crippen LogP) is 7.79. The van der Waals surface area contributed by atoms with Gasteiger partial charge in [0, 0.05) is 98.4 Å². The highest BCUT2D eigenvalue weighted by molar-refractivity contribution is 5.51. The van der Waals surface area contributed by atoms with Gasteiger partial charge < -0.3 is 14.7 Å². The molecule has 0 radical (unpaired) electrons. The fourth-order valence-corrected chi connectivity index (χ4v) is 8.98. The molecule has 3 aromatic rings. The van der Waals surface area contributed by atoms with Crippen molar-refractivity contribution in [1.29, 1.82) is 5.26 Å². The third kappa shape index (κ3) is 6.44. The van der Waals surface area contributed by atoms with Gasteiger partial charge in [0.25, 0.3) is 0 Å². The Hall–Kier alpha value is -3.33. The molecule has 4 aliphatic heterocycles. The number of fused-ring (bicyclic) bond motifs is 2. The number of aryl methyl sites for hydroxylation is 2. The van der Waals surface area contributed by atoms with Gasteiger partial charge in [-0.15, -0.1) is 0 Å². The van der Waals surface area contributed by atoms with E-state index in [0.717, 1.165) is 58.8 Å². The third-order valence-electron chi connectivity index (χ3n) is 12.2. The van der Waals surface area contributed by atoms with E-state index < -0.39 is 0 Å². The lowest BCUT2D eigenvalue weighted by Gasteiger charge is -2.30. The van der Waals surface area contributed by atoms with E-state index in [2.05, 4.69) is 146 Å². The molecule has 5 heteroatoms. The molecule has 3 aromatic carbocycles. The van der Waals surface area contributed by atoms with Crippen molar-refractivity contribution in [2.75, 3.05) is 68.7 Å². The van der Waals surface area contributed by atoms with E-state index in [-0.39, 0.29) is 0 Å². The van der Waals surface area contributed by atoms with Gasteiger partial charge in [0.05, 0.1) is 6.07 Å². The summed E-state index contributed by atoms with van der Waals surface area (Å²) < 4.78 is 0. The summed E-state index contributed by atoms with van der Waals surface area (Å²) in [5.74, 6) is 0. The van der Waals surface area contributed by atoms with E-state index in [1.54, 1.807) is 0 Å². The monoisotopic (exact) mass is 617 g/mol. The standard InChI is InChI=1S/C22H28N2.C19H27N3/c1-18-9-11-20(12-10-18)24-16-21(2)14-23(15-22(21,3)17-24)13-19-7-5-4-6-8-19;1-16-6-8-17(9-7-16)22-14-18(2)12-21(11-5-4-10-20)13-19(18,3)15-22/h4-12H,13-17H2,1-3H3;6-9H,4-5,11-15H2,1-3H3/t21-,22+;18-,19+. The number of nitrogens with zero attached hydrogens (tertiary/aromatic N) is 5. The first-order valence-corrected chi connectivity index (χ1v) is 17.4. The molecular weight excluding hydrogens is 562 g/mol. The van der Waals surface area contributed by atoms with Crippen LogP contribution in [0.4, 0.5) is 11.4 Å². The SMILES string of the molecule is Cc1ccc(N2C[C@]3(C)CN(CCCC#N)C[C@]3(C)C2)cc1.Cc1ccc(N2C[C@]3(C)CN(Cc4ccccc4)C[C@]3(C)C2)cc1. The van der Waals surface area contributed by atoms with Crippen LogP contribution in [0, 0.1) is 46.8 Å². The summed E-state index contributed by atoms with van der Waals surface area (Å²) in [6.45, 7) is 25.7. The van der Waals surface area contributed by atoms with E-state index in [1.807, 2.05) is 0 Å². The first-order chi connectivity index (χ1) is 21.9. The molecule has 0 saturated carbocycles. The van der Waals surface area contributed by atoms with Crippen LogP contribution in [-0.2, 0) is 6.54 Å². The van der Waals surface area contributed by atoms with Crippen molar-refractivity contribution in [2.24, 2.45) is 21.7 Å². The number of likely N-dealkylation sites (tertiary alicyclic amines) is 2. The van der Waals surface area contributed by atoms with Crippen LogP contribution in [0.5, 0.6) is 0 Å². The van der Waals surface area contributed by atoms with E-state index in [1.165, 1.54) is 41.2 Å². The number of benzene rings is 3. The number of nitriles is 1. The summed E-state index contributed by atoms with van der Waals surface area (Å²) in [5.41, 5.74) is 8.27. The Morgan fingerprint density at radius 1 is 0.565 bits per heavy atom. The molecule has 46 heavy (non-hydrogen) atoms. The maximum atomic E-state index is 8.71. The Bertz CT molecular complexity index is 1470. The van der Waals surface area contributed by atoms with E-state index >= 15 is 0 Å². The molecule has 4 fully saturated rings. The maximum Gasteiger partial charge on any atom is 0.0622 e. The topological polar surface area (TPSA) is 36.8 Å². The summed E-state index contributed by atoms with van der Waals surface area (Å²) in [6.07, 6.45) is 1.68. The Morgan fingerprint density at radius 3 is 1.39 bits per heavy atom. The van der Waals surface area contributed by atoms with Crippen LogP contribution in [-0.4, -0.2) is 68.7 Å². The highest BCUT2D eigenvalue weighted by Gasteiger charge is 2.58. The van der Waals surface area contributed by atoms with Crippen LogP contribution in [0.3, 0.4) is 0 Å². The molecule has 244 valence electrons. The Kier molecular flexibility index (Phi) is 9.00. The van der Waals surface area contributed by atoms with Gasteiger partial charge in [0.2, 0.25) is 0 Å². The van der Waals surface area contributed by atoms with Gasteiger partial charge >= 0.3 is 0 Å². The second kappa shape index (κ2) is 12.7. The molecule has 4 aliphatic rings. The number of rotatable bonds is 7. The van der Waals surface area contributed by atoms with Crippen molar-refractivity contribution in [3.8, 4) is 6.07 Å². The van der Waals surface area contributed by atoms with Gasteiger partial charge in [-0.2, -0.15) is 5.26 Å². The van der Waals surface area contributed by atoms with Crippen molar-refractivity contribution < 1.29 is 0 Å². The molecule has 0 amide bonds. The minimum atomic E-state index is 0.352. The van der Waals surface area contributed by atoms with E-state index in [9.17, 15) is 0 Å². The number of hydrogen-bond acceptors (Lipinski definition) is 5. The van der Waals surface area contributed by atoms with Crippen molar-refractivity contribution in [3.63, 3.8) is 0 Å². The van der Waals surface area contributed by atoms with Crippen molar-refractivity contribution in [3.05, 3.63) is 95.6 Å². The molecule has 0 aliphatic carbocycles. The third-order valence-corrected chi connectivity index (χ3v) is 12.2. The summed E-state index contributed by atoms with van der Waals surface area (Å²) in [7, 11) is 0. The lowest BCUT2D eigenvalue weighted by Crippen LogP contribution is -2.34. The first kappa shape index (κ1) is 32.6. The minimum Gasteiger partial charge on any atom is -0.370 e. The van der Waals surface area contributed by atoms with Crippen molar-refractivity contribution in [1.82, 2.24) is 9.80 Å². The zero-order valence-electron chi connectivity index (χ0n) is 29.2. The molecule has 0 spiro atoms. The maximum absolute atomic E-state index is 8.71. The van der Waals surface area contributed by atoms with E-state index in [0.29, 0.717) is 28.1 Å². The summed E-state index contributed by atoms with van der Waals surface area (Å²) in [4.78, 5) is 10.4. The molecule has 4 atom stereocenters. The van der Waals surface area contributed by atoms with Gasteiger partial charge in [-0.05, 0) is 56.6 Å². The highest BCUT2D eigenvalue weighted by atomic mass is 15.3. The number of hydrogen-bond donors (Lipinski definition) is 0. The molecule has 0 bridgehead atoms. The van der Waals surface area contributed by atoms with Crippen LogP contribution < -0.4 is 9.80 Å². The normalized spacial score (nSPS) is 30.5. The quantitative estimate of drug-likeness (QED) is 0.253. The van der Waals surface area contributed by atoms with Gasteiger partial charge in [-0.3, -0.25) is 4.90 Å². The fraction of sp³-hybridized carbons (Fsp3) is 0.537. The lowest BCUT2D eigenvalue weighted by atomic mass is 9.71. The zero-order chi connectivity index (χ0) is 32.6.